The van der Waals surface area contributed by atoms with Gasteiger partial charge in [0.15, 0.2) is 0 Å². The molecule has 3 N–H and O–H groups in total. The molecule has 0 aliphatic carbocycles. The third kappa shape index (κ3) is 11.4. The number of hydrogen-bond donors (Lipinski definition) is 3. The molecule has 0 aromatic carbocycles. The molecule has 0 radical (unpaired) electrons. The van der Waals surface area contributed by atoms with Crippen LogP contribution in [0.1, 0.15) is 39.0 Å². The van der Waals surface area contributed by atoms with Crippen LogP contribution in [0.25, 0.3) is 0 Å². The summed E-state index contributed by atoms with van der Waals surface area (Å²) in [6, 6.07) is 0.455. The molecule has 31 heavy (non-hydrogen) atoms. The van der Waals surface area contributed by atoms with Gasteiger partial charge in [0.25, 0.3) is 0 Å². The van der Waals surface area contributed by atoms with Crippen molar-refractivity contribution in [3.8, 4) is 0 Å². The Kier molecular flexibility index (Phi) is 14.0. The molecule has 10 heteroatoms. The van der Waals surface area contributed by atoms with Crippen LogP contribution in [-0.4, -0.2) is 94.4 Å². The zero-order valence-electron chi connectivity index (χ0n) is 18.7. The summed E-state index contributed by atoms with van der Waals surface area (Å²) >= 11 is 1.91. The van der Waals surface area contributed by atoms with Crippen molar-refractivity contribution in [1.29, 1.82) is 0 Å². The Balaban J connectivity index is 1.30. The lowest BCUT2D eigenvalue weighted by Crippen LogP contribution is -2.36. The topological polar surface area (TPSA) is 107 Å². The van der Waals surface area contributed by atoms with Gasteiger partial charge in [0.1, 0.15) is 0 Å². The molecule has 2 aliphatic heterocycles. The standard InChI is InChI=1S/C21H39N3O6S/c1-2-8-27-10-12-29-14-15-30-13-11-28-9-7-22-19(25)6-4-3-5-18-20-17(16-31-18)23-21(26)24-20/h17-18,20H,2-16H2,1H3,(H,22,25)(H2,23,24,26). The van der Waals surface area contributed by atoms with Crippen LogP contribution in [0.5, 0.6) is 0 Å². The second-order valence-corrected chi connectivity index (χ2v) is 8.94. The van der Waals surface area contributed by atoms with Crippen molar-refractivity contribution >= 4 is 23.7 Å². The lowest BCUT2D eigenvalue weighted by Gasteiger charge is -2.16. The van der Waals surface area contributed by atoms with Crippen LogP contribution in [0.4, 0.5) is 4.79 Å². The molecule has 0 aromatic heterocycles. The molecule has 0 saturated carbocycles. The minimum atomic E-state index is -0.0498. The fourth-order valence-corrected chi connectivity index (χ4v) is 5.07. The average Bonchev–Trinajstić information content (AvgIpc) is 3.30. The van der Waals surface area contributed by atoms with E-state index in [9.17, 15) is 9.59 Å². The summed E-state index contributed by atoms with van der Waals surface area (Å²) in [5.41, 5.74) is 0. The van der Waals surface area contributed by atoms with Gasteiger partial charge >= 0.3 is 6.03 Å². The van der Waals surface area contributed by atoms with Gasteiger partial charge in [0, 0.05) is 30.6 Å². The summed E-state index contributed by atoms with van der Waals surface area (Å²) < 4.78 is 21.6. The number of nitrogens with one attached hydrogen (secondary N) is 3. The first-order valence-electron chi connectivity index (χ1n) is 11.5. The first kappa shape index (κ1) is 26.2. The van der Waals surface area contributed by atoms with Crippen molar-refractivity contribution in [3.05, 3.63) is 0 Å². The van der Waals surface area contributed by atoms with Crippen LogP contribution in [0.2, 0.25) is 0 Å². The summed E-state index contributed by atoms with van der Waals surface area (Å²) in [6.45, 7) is 7.18. The summed E-state index contributed by atoms with van der Waals surface area (Å²) in [6.07, 6.45) is 4.44. The Labute approximate surface area is 190 Å². The molecule has 0 spiro atoms. The number of fused-ring (bicyclic) bond motifs is 1. The highest BCUT2D eigenvalue weighted by molar-refractivity contribution is 8.00. The Bertz CT molecular complexity index is 514. The van der Waals surface area contributed by atoms with E-state index in [0.29, 0.717) is 64.5 Å². The highest BCUT2D eigenvalue weighted by Gasteiger charge is 2.42. The van der Waals surface area contributed by atoms with Gasteiger partial charge in [-0.25, -0.2) is 4.79 Å². The molecular formula is C21H39N3O6S. The van der Waals surface area contributed by atoms with Gasteiger partial charge in [-0.05, 0) is 19.3 Å². The fraction of sp³-hybridized carbons (Fsp3) is 0.905. The van der Waals surface area contributed by atoms with Crippen LogP contribution >= 0.6 is 11.8 Å². The Morgan fingerprint density at radius 1 is 0.968 bits per heavy atom. The van der Waals surface area contributed by atoms with Gasteiger partial charge in [-0.15, -0.1) is 0 Å². The molecule has 180 valence electrons. The monoisotopic (exact) mass is 461 g/mol. The van der Waals surface area contributed by atoms with Crippen molar-refractivity contribution in [2.24, 2.45) is 0 Å². The van der Waals surface area contributed by atoms with Crippen LogP contribution in [-0.2, 0) is 23.7 Å². The third-order valence-corrected chi connectivity index (χ3v) is 6.62. The lowest BCUT2D eigenvalue weighted by atomic mass is 10.0. The molecule has 3 atom stereocenters. The molecule has 2 aliphatic rings. The molecule has 3 unspecified atom stereocenters. The highest BCUT2D eigenvalue weighted by Crippen LogP contribution is 2.33. The molecule has 2 rings (SSSR count). The van der Waals surface area contributed by atoms with E-state index in [4.69, 9.17) is 18.9 Å². The van der Waals surface area contributed by atoms with Gasteiger partial charge in [-0.1, -0.05) is 13.3 Å². The Hall–Kier alpha value is -1.07. The van der Waals surface area contributed by atoms with Crippen LogP contribution in [0.15, 0.2) is 0 Å². The maximum atomic E-state index is 11.9. The van der Waals surface area contributed by atoms with E-state index in [1.165, 1.54) is 0 Å². The van der Waals surface area contributed by atoms with E-state index in [-0.39, 0.29) is 24.0 Å². The highest BCUT2D eigenvalue weighted by atomic mass is 32.2. The van der Waals surface area contributed by atoms with Crippen LogP contribution < -0.4 is 16.0 Å². The molecule has 2 heterocycles. The van der Waals surface area contributed by atoms with Crippen molar-refractivity contribution in [1.82, 2.24) is 16.0 Å². The fourth-order valence-electron chi connectivity index (χ4n) is 3.53. The number of thioether (sulfide) groups is 1. The molecule has 9 nitrogen and oxygen atoms in total. The van der Waals surface area contributed by atoms with Crippen molar-refractivity contribution in [3.63, 3.8) is 0 Å². The van der Waals surface area contributed by atoms with Gasteiger partial charge in [-0.3, -0.25) is 4.79 Å². The number of urea groups is 1. The minimum absolute atomic E-state index is 0.0498. The number of carbonyl (C=O) groups excluding carboxylic acids is 2. The van der Waals surface area contributed by atoms with E-state index >= 15 is 0 Å². The van der Waals surface area contributed by atoms with Crippen molar-refractivity contribution in [2.45, 2.75) is 56.4 Å². The largest absolute Gasteiger partial charge is 0.379 e. The average molecular weight is 462 g/mol. The summed E-state index contributed by atoms with van der Waals surface area (Å²) in [5, 5.41) is 9.29. The second-order valence-electron chi connectivity index (χ2n) is 7.67. The van der Waals surface area contributed by atoms with E-state index < -0.39 is 0 Å². The molecular weight excluding hydrogens is 422 g/mol. The molecule has 3 amide bonds. The first-order chi connectivity index (χ1) is 15.2. The van der Waals surface area contributed by atoms with E-state index in [2.05, 4.69) is 22.9 Å². The predicted molar refractivity (Wildman–Crippen MR) is 121 cm³/mol. The van der Waals surface area contributed by atoms with E-state index in [0.717, 1.165) is 38.0 Å². The maximum Gasteiger partial charge on any atom is 0.315 e. The Morgan fingerprint density at radius 2 is 1.61 bits per heavy atom. The predicted octanol–water partition coefficient (Wildman–Crippen LogP) is 1.30. The van der Waals surface area contributed by atoms with Crippen molar-refractivity contribution < 1.29 is 28.5 Å². The summed E-state index contributed by atoms with van der Waals surface area (Å²) in [4.78, 5) is 23.3. The Morgan fingerprint density at radius 3 is 2.29 bits per heavy atom. The number of hydrogen-bond acceptors (Lipinski definition) is 7. The van der Waals surface area contributed by atoms with Gasteiger partial charge in [0.05, 0.1) is 58.3 Å². The molecule has 0 aromatic rings. The van der Waals surface area contributed by atoms with Crippen LogP contribution in [0, 0.1) is 0 Å². The summed E-state index contributed by atoms with van der Waals surface area (Å²) in [7, 11) is 0. The van der Waals surface area contributed by atoms with Crippen molar-refractivity contribution in [2.75, 3.05) is 65.2 Å². The lowest BCUT2D eigenvalue weighted by molar-refractivity contribution is -0.121. The quantitative estimate of drug-likeness (QED) is 0.197. The number of carbonyl (C=O) groups is 2. The smallest absolute Gasteiger partial charge is 0.315 e. The zero-order valence-corrected chi connectivity index (χ0v) is 19.5. The number of unbranched alkanes of at least 4 members (excludes halogenated alkanes) is 1. The summed E-state index contributed by atoms with van der Waals surface area (Å²) in [5.74, 6) is 1.04. The molecule has 2 saturated heterocycles. The normalized spacial score (nSPS) is 22.2. The maximum absolute atomic E-state index is 11.9. The van der Waals surface area contributed by atoms with Gasteiger partial charge < -0.3 is 34.9 Å². The van der Waals surface area contributed by atoms with E-state index in [1.807, 2.05) is 11.8 Å². The first-order valence-corrected chi connectivity index (χ1v) is 12.5. The molecule has 2 fully saturated rings. The molecule has 0 bridgehead atoms. The SMILES string of the molecule is CCCOCCOCCOCCOCCNC(=O)CCCCC1SCC2NC(=O)NC21. The van der Waals surface area contributed by atoms with E-state index in [1.54, 1.807) is 0 Å². The van der Waals surface area contributed by atoms with Crippen LogP contribution in [0.3, 0.4) is 0 Å². The number of amides is 3. The second kappa shape index (κ2) is 16.5. The van der Waals surface area contributed by atoms with Gasteiger partial charge in [-0.2, -0.15) is 11.8 Å². The number of rotatable bonds is 19. The number of ether oxygens (including phenoxy) is 4. The zero-order chi connectivity index (χ0) is 22.2. The van der Waals surface area contributed by atoms with Gasteiger partial charge in [0.2, 0.25) is 5.91 Å². The minimum Gasteiger partial charge on any atom is -0.379 e. The third-order valence-electron chi connectivity index (χ3n) is 5.11.